The van der Waals surface area contributed by atoms with E-state index in [1.165, 1.54) is 11.3 Å². The molecule has 0 aliphatic carbocycles. The number of carbonyl (C=O) groups excluding carboxylic acids is 1. The summed E-state index contributed by atoms with van der Waals surface area (Å²) in [5.74, 6) is -1.10. The van der Waals surface area contributed by atoms with Crippen molar-refractivity contribution >= 4 is 23.3 Å². The zero-order valence-corrected chi connectivity index (χ0v) is 11.2. The molecule has 7 nitrogen and oxygen atoms in total. The monoisotopic (exact) mass is 285 g/mol. The van der Waals surface area contributed by atoms with Gasteiger partial charge in [-0.25, -0.2) is 14.6 Å². The van der Waals surface area contributed by atoms with Crippen molar-refractivity contribution in [3.63, 3.8) is 0 Å². The number of aromatic nitrogens is 1. The summed E-state index contributed by atoms with van der Waals surface area (Å²) >= 11 is 1.47. The van der Waals surface area contributed by atoms with Gasteiger partial charge in [-0.05, 0) is 6.92 Å². The number of aliphatic hydroxyl groups excluding tert-OH is 1. The van der Waals surface area contributed by atoms with Crippen molar-refractivity contribution in [3.8, 4) is 0 Å². The normalized spacial score (nSPS) is 22.5. The third kappa shape index (κ3) is 3.21. The van der Waals surface area contributed by atoms with Gasteiger partial charge in [-0.15, -0.1) is 11.3 Å². The Morgan fingerprint density at radius 1 is 1.63 bits per heavy atom. The quantitative estimate of drug-likeness (QED) is 0.735. The molecule has 1 aliphatic heterocycles. The number of amides is 2. The number of urea groups is 1. The molecular formula is C11H15N3O4S. The molecule has 2 rings (SSSR count). The minimum Gasteiger partial charge on any atom is -0.480 e. The number of hydrogen-bond acceptors (Lipinski definition) is 5. The smallest absolute Gasteiger partial charge is 0.326 e. The van der Waals surface area contributed by atoms with E-state index in [1.54, 1.807) is 6.20 Å². The van der Waals surface area contributed by atoms with Gasteiger partial charge < -0.3 is 20.4 Å². The second-order valence-electron chi connectivity index (χ2n) is 4.42. The second-order valence-corrected chi connectivity index (χ2v) is 5.74. The van der Waals surface area contributed by atoms with E-state index in [1.807, 2.05) is 6.92 Å². The van der Waals surface area contributed by atoms with Crippen molar-refractivity contribution in [2.24, 2.45) is 0 Å². The first kappa shape index (κ1) is 13.8. The molecule has 0 saturated carbocycles. The zero-order chi connectivity index (χ0) is 14.0. The summed E-state index contributed by atoms with van der Waals surface area (Å²) in [5, 5.41) is 21.8. The van der Waals surface area contributed by atoms with Crippen LogP contribution in [-0.4, -0.2) is 50.8 Å². The topological polar surface area (TPSA) is 103 Å². The molecule has 1 aromatic heterocycles. The molecular weight excluding hydrogens is 270 g/mol. The number of aliphatic hydroxyl groups is 1. The average Bonchev–Trinajstić information content (AvgIpc) is 2.92. The Morgan fingerprint density at radius 2 is 2.37 bits per heavy atom. The fourth-order valence-electron chi connectivity index (χ4n) is 2.01. The molecule has 1 aromatic rings. The maximum atomic E-state index is 11.9. The largest absolute Gasteiger partial charge is 0.480 e. The van der Waals surface area contributed by atoms with Gasteiger partial charge in [0.15, 0.2) is 0 Å². The lowest BCUT2D eigenvalue weighted by atomic mass is 10.2. The van der Waals surface area contributed by atoms with Gasteiger partial charge in [-0.3, -0.25) is 0 Å². The summed E-state index contributed by atoms with van der Waals surface area (Å²) in [7, 11) is 0. The predicted molar refractivity (Wildman–Crippen MR) is 67.8 cm³/mol. The van der Waals surface area contributed by atoms with Gasteiger partial charge in [0, 0.05) is 24.0 Å². The molecule has 1 saturated heterocycles. The van der Waals surface area contributed by atoms with E-state index in [0.29, 0.717) is 0 Å². The Labute approximate surface area is 113 Å². The third-order valence-electron chi connectivity index (χ3n) is 2.88. The Bertz CT molecular complexity index is 490. The van der Waals surface area contributed by atoms with Crippen molar-refractivity contribution in [3.05, 3.63) is 16.1 Å². The first-order valence-electron chi connectivity index (χ1n) is 5.84. The summed E-state index contributed by atoms with van der Waals surface area (Å²) in [6, 6.07) is -1.45. The van der Waals surface area contributed by atoms with Crippen LogP contribution in [0, 0.1) is 6.92 Å². The number of aryl methyl sites for hydroxylation is 1. The van der Waals surface area contributed by atoms with Gasteiger partial charge in [-0.2, -0.15) is 0 Å². The Balaban J connectivity index is 1.93. The summed E-state index contributed by atoms with van der Waals surface area (Å²) in [6.45, 7) is 2.22. The van der Waals surface area contributed by atoms with E-state index in [9.17, 15) is 14.7 Å². The van der Waals surface area contributed by atoms with Crippen LogP contribution in [0.5, 0.6) is 0 Å². The molecule has 0 unspecified atom stereocenters. The van der Waals surface area contributed by atoms with E-state index in [-0.39, 0.29) is 19.5 Å². The van der Waals surface area contributed by atoms with Crippen LogP contribution in [0.15, 0.2) is 6.20 Å². The van der Waals surface area contributed by atoms with E-state index in [0.717, 1.165) is 14.8 Å². The summed E-state index contributed by atoms with van der Waals surface area (Å²) in [6.07, 6.45) is 0.999. The number of likely N-dealkylation sites (tertiary alicyclic amines) is 1. The van der Waals surface area contributed by atoms with Crippen molar-refractivity contribution < 1.29 is 19.8 Å². The van der Waals surface area contributed by atoms with Crippen LogP contribution in [0.1, 0.15) is 16.3 Å². The maximum Gasteiger partial charge on any atom is 0.326 e. The van der Waals surface area contributed by atoms with Crippen molar-refractivity contribution in [2.75, 3.05) is 6.54 Å². The lowest BCUT2D eigenvalue weighted by Gasteiger charge is -2.21. The second kappa shape index (κ2) is 5.54. The molecule has 3 N–H and O–H groups in total. The molecule has 19 heavy (non-hydrogen) atoms. The number of carbonyl (C=O) groups is 2. The number of aliphatic carboxylic acids is 1. The Hall–Kier alpha value is -1.67. The molecule has 2 atom stereocenters. The van der Waals surface area contributed by atoms with Crippen LogP contribution >= 0.6 is 11.3 Å². The molecule has 8 heteroatoms. The van der Waals surface area contributed by atoms with E-state index in [4.69, 9.17) is 5.11 Å². The van der Waals surface area contributed by atoms with E-state index in [2.05, 4.69) is 10.3 Å². The molecule has 0 bridgehead atoms. The van der Waals surface area contributed by atoms with Crippen molar-refractivity contribution in [1.82, 2.24) is 15.2 Å². The zero-order valence-electron chi connectivity index (χ0n) is 10.4. The molecule has 0 spiro atoms. The number of nitrogens with zero attached hydrogens (tertiary/aromatic N) is 2. The van der Waals surface area contributed by atoms with Crippen molar-refractivity contribution in [2.45, 2.75) is 32.0 Å². The molecule has 104 valence electrons. The highest BCUT2D eigenvalue weighted by atomic mass is 32.1. The van der Waals surface area contributed by atoms with Crippen LogP contribution < -0.4 is 5.32 Å². The molecule has 1 aliphatic rings. The first-order valence-corrected chi connectivity index (χ1v) is 6.65. The van der Waals surface area contributed by atoms with Gasteiger partial charge in [0.1, 0.15) is 11.0 Å². The number of carboxylic acid groups (broad SMARTS) is 1. The van der Waals surface area contributed by atoms with E-state index >= 15 is 0 Å². The summed E-state index contributed by atoms with van der Waals surface area (Å²) in [4.78, 5) is 29.2. The van der Waals surface area contributed by atoms with Crippen LogP contribution in [0.25, 0.3) is 0 Å². The van der Waals surface area contributed by atoms with Gasteiger partial charge in [-0.1, -0.05) is 0 Å². The predicted octanol–water partition coefficient (Wildman–Crippen LogP) is 0.181. The number of β-amino-alcohol motifs (C(OH)–C–C–N with tert-alkyl or cyclic N) is 1. The lowest BCUT2D eigenvalue weighted by molar-refractivity contribution is -0.141. The highest BCUT2D eigenvalue weighted by molar-refractivity contribution is 7.11. The van der Waals surface area contributed by atoms with Crippen LogP contribution in [0.3, 0.4) is 0 Å². The molecule has 0 aromatic carbocycles. The minimum atomic E-state index is -1.10. The van der Waals surface area contributed by atoms with Crippen LogP contribution in [0.2, 0.25) is 0 Å². The number of hydrogen-bond donors (Lipinski definition) is 3. The van der Waals surface area contributed by atoms with Crippen LogP contribution in [0.4, 0.5) is 4.79 Å². The summed E-state index contributed by atoms with van der Waals surface area (Å²) in [5.41, 5.74) is 0. The van der Waals surface area contributed by atoms with E-state index < -0.39 is 24.1 Å². The average molecular weight is 285 g/mol. The number of carboxylic acids is 1. The Kier molecular flexibility index (Phi) is 4.01. The first-order chi connectivity index (χ1) is 8.97. The van der Waals surface area contributed by atoms with Crippen molar-refractivity contribution in [1.29, 1.82) is 0 Å². The van der Waals surface area contributed by atoms with Gasteiger partial charge in [0.05, 0.1) is 12.6 Å². The third-order valence-corrected chi connectivity index (χ3v) is 3.80. The van der Waals surface area contributed by atoms with Gasteiger partial charge >= 0.3 is 12.0 Å². The van der Waals surface area contributed by atoms with Crippen LogP contribution in [-0.2, 0) is 11.3 Å². The molecule has 0 radical (unpaired) electrons. The lowest BCUT2D eigenvalue weighted by Crippen LogP contribution is -2.45. The number of rotatable bonds is 3. The number of nitrogens with one attached hydrogen (secondary N) is 1. The van der Waals surface area contributed by atoms with Gasteiger partial charge in [0.25, 0.3) is 0 Å². The molecule has 2 amide bonds. The highest BCUT2D eigenvalue weighted by Gasteiger charge is 2.38. The molecule has 1 fully saturated rings. The van der Waals surface area contributed by atoms with Gasteiger partial charge in [0.2, 0.25) is 0 Å². The maximum absolute atomic E-state index is 11.9. The SMILES string of the molecule is Cc1cnc(CNC(=O)N2C[C@H](O)C[C@H]2C(=O)O)s1. The summed E-state index contributed by atoms with van der Waals surface area (Å²) < 4.78 is 0. The number of thiazole rings is 1. The Morgan fingerprint density at radius 3 is 2.95 bits per heavy atom. The molecule has 2 heterocycles. The highest BCUT2D eigenvalue weighted by Crippen LogP contribution is 2.18. The fourth-order valence-corrected chi connectivity index (χ4v) is 2.74. The standard InChI is InChI=1S/C11H15N3O4S/c1-6-3-12-9(19-6)4-13-11(18)14-5-7(15)2-8(14)10(16)17/h3,7-8,15H,2,4-5H2,1H3,(H,13,18)(H,16,17)/t7-,8+/m1/s1. The minimum absolute atomic E-state index is 0.0414. The fraction of sp³-hybridized carbons (Fsp3) is 0.545.